The number of likely N-dealkylation sites (tertiary alicyclic amines) is 1. The third-order valence-electron chi connectivity index (χ3n) is 5.68. The van der Waals surface area contributed by atoms with Gasteiger partial charge in [-0.05, 0) is 63.6 Å². The number of benzene rings is 1. The number of hydrogen-bond acceptors (Lipinski definition) is 3. The quantitative estimate of drug-likeness (QED) is 0.599. The Labute approximate surface area is 179 Å². The highest BCUT2D eigenvalue weighted by atomic mass is 19.1. The third-order valence-corrected chi connectivity index (χ3v) is 5.68. The zero-order chi connectivity index (χ0) is 21.5. The highest BCUT2D eigenvalue weighted by molar-refractivity contribution is 6.03. The van der Waals surface area contributed by atoms with E-state index < -0.39 is 5.82 Å². The van der Waals surface area contributed by atoms with E-state index in [2.05, 4.69) is 42.2 Å². The first-order valence-corrected chi connectivity index (χ1v) is 10.9. The fraction of sp³-hybridized carbons (Fsp3) is 0.500. The fourth-order valence-electron chi connectivity index (χ4n) is 4.06. The van der Waals surface area contributed by atoms with Crippen LogP contribution in [0.3, 0.4) is 0 Å². The average Bonchev–Trinajstić information content (AvgIpc) is 3.16. The van der Waals surface area contributed by atoms with Gasteiger partial charge >= 0.3 is 0 Å². The van der Waals surface area contributed by atoms with Gasteiger partial charge in [-0.3, -0.25) is 4.79 Å². The number of piperidine rings is 1. The standard InChI is InChI=1S/C24H33FN4O/c1-18(2)6-4-7-19(3)17-28-14-11-22(12-15-28)29-23(10-13-26-29)27-24(30)20-8-5-9-21(25)16-20/h5-6,8-10,13,16,19,22H,4,7,11-12,14-15,17H2,1-3H3,(H,27,30)/t19-/m1/s1. The molecule has 1 amide bonds. The van der Waals surface area contributed by atoms with Crippen molar-refractivity contribution in [2.45, 2.75) is 52.5 Å². The number of halogens is 1. The molecule has 1 aliphatic rings. The first kappa shape index (κ1) is 22.2. The minimum absolute atomic E-state index is 0.264. The predicted molar refractivity (Wildman–Crippen MR) is 119 cm³/mol. The summed E-state index contributed by atoms with van der Waals surface area (Å²) in [5.41, 5.74) is 1.70. The molecule has 1 atom stereocenters. The van der Waals surface area contributed by atoms with Crippen molar-refractivity contribution in [2.24, 2.45) is 5.92 Å². The number of aromatic nitrogens is 2. The Bertz CT molecular complexity index is 864. The summed E-state index contributed by atoms with van der Waals surface area (Å²) in [6, 6.07) is 7.79. The number of carbonyl (C=O) groups excluding carboxylic acids is 1. The van der Waals surface area contributed by atoms with Crippen LogP contribution in [0.1, 0.15) is 62.9 Å². The molecule has 1 fully saturated rings. The molecule has 1 saturated heterocycles. The molecule has 30 heavy (non-hydrogen) atoms. The third kappa shape index (κ3) is 6.26. The summed E-state index contributed by atoms with van der Waals surface area (Å²) >= 11 is 0. The van der Waals surface area contributed by atoms with Crippen molar-refractivity contribution < 1.29 is 9.18 Å². The van der Waals surface area contributed by atoms with Crippen molar-refractivity contribution in [1.82, 2.24) is 14.7 Å². The minimum Gasteiger partial charge on any atom is -0.307 e. The summed E-state index contributed by atoms with van der Waals surface area (Å²) in [5.74, 6) is 0.609. The van der Waals surface area contributed by atoms with Gasteiger partial charge in [0.2, 0.25) is 0 Å². The molecule has 0 spiro atoms. The molecule has 1 aromatic heterocycles. The van der Waals surface area contributed by atoms with Gasteiger partial charge in [0.1, 0.15) is 11.6 Å². The second-order valence-electron chi connectivity index (χ2n) is 8.62. The van der Waals surface area contributed by atoms with Crippen LogP contribution in [-0.4, -0.2) is 40.2 Å². The number of anilines is 1. The lowest BCUT2D eigenvalue weighted by Gasteiger charge is -2.34. The summed E-state index contributed by atoms with van der Waals surface area (Å²) in [5, 5.41) is 7.33. The van der Waals surface area contributed by atoms with Gasteiger partial charge in [0, 0.05) is 31.3 Å². The molecule has 1 N–H and O–H groups in total. The summed E-state index contributed by atoms with van der Waals surface area (Å²) < 4.78 is 15.3. The number of carbonyl (C=O) groups is 1. The number of allylic oxidation sites excluding steroid dienone is 2. The Balaban J connectivity index is 1.51. The van der Waals surface area contributed by atoms with Crippen molar-refractivity contribution in [2.75, 3.05) is 25.0 Å². The van der Waals surface area contributed by atoms with E-state index in [0.29, 0.717) is 17.3 Å². The predicted octanol–water partition coefficient (Wildman–Crippen LogP) is 5.29. The van der Waals surface area contributed by atoms with Crippen molar-refractivity contribution in [3.63, 3.8) is 0 Å². The van der Waals surface area contributed by atoms with E-state index in [-0.39, 0.29) is 11.9 Å². The molecular weight excluding hydrogens is 379 g/mol. The molecule has 0 radical (unpaired) electrons. The molecule has 1 aliphatic heterocycles. The Morgan fingerprint density at radius 3 is 2.77 bits per heavy atom. The molecule has 1 aromatic carbocycles. The molecule has 0 saturated carbocycles. The Morgan fingerprint density at radius 1 is 1.30 bits per heavy atom. The zero-order valence-electron chi connectivity index (χ0n) is 18.3. The Morgan fingerprint density at radius 2 is 2.07 bits per heavy atom. The minimum atomic E-state index is -0.418. The number of rotatable bonds is 8. The Kier molecular flexibility index (Phi) is 7.80. The molecule has 0 bridgehead atoms. The number of amides is 1. The normalized spacial score (nSPS) is 16.3. The van der Waals surface area contributed by atoms with Crippen molar-refractivity contribution in [3.05, 3.63) is 59.6 Å². The molecule has 3 rings (SSSR count). The lowest BCUT2D eigenvalue weighted by Crippen LogP contribution is -2.37. The van der Waals surface area contributed by atoms with E-state index in [1.165, 1.54) is 30.2 Å². The largest absolute Gasteiger partial charge is 0.307 e. The maximum absolute atomic E-state index is 13.4. The molecular formula is C24H33FN4O. The van der Waals surface area contributed by atoms with Crippen molar-refractivity contribution in [3.8, 4) is 0 Å². The molecule has 2 heterocycles. The van der Waals surface area contributed by atoms with Gasteiger partial charge in [-0.25, -0.2) is 9.07 Å². The number of nitrogens with zero attached hydrogens (tertiary/aromatic N) is 3. The van der Waals surface area contributed by atoms with Gasteiger partial charge in [0.05, 0.1) is 12.2 Å². The fourth-order valence-corrected chi connectivity index (χ4v) is 4.06. The van der Waals surface area contributed by atoms with E-state index >= 15 is 0 Å². The molecule has 6 heteroatoms. The maximum Gasteiger partial charge on any atom is 0.256 e. The highest BCUT2D eigenvalue weighted by Crippen LogP contribution is 2.26. The van der Waals surface area contributed by atoms with Crippen LogP contribution >= 0.6 is 0 Å². The molecule has 0 unspecified atom stereocenters. The van der Waals surface area contributed by atoms with Crippen molar-refractivity contribution >= 4 is 11.7 Å². The number of hydrogen-bond donors (Lipinski definition) is 1. The van der Waals surface area contributed by atoms with Gasteiger partial charge < -0.3 is 10.2 Å². The zero-order valence-corrected chi connectivity index (χ0v) is 18.3. The topological polar surface area (TPSA) is 50.2 Å². The van der Waals surface area contributed by atoms with Crippen LogP contribution in [0.5, 0.6) is 0 Å². The second kappa shape index (κ2) is 10.5. The van der Waals surface area contributed by atoms with Crippen LogP contribution in [0.4, 0.5) is 10.2 Å². The van der Waals surface area contributed by atoms with Gasteiger partial charge in [-0.15, -0.1) is 0 Å². The first-order chi connectivity index (χ1) is 14.4. The lowest BCUT2D eigenvalue weighted by atomic mass is 10.0. The monoisotopic (exact) mass is 412 g/mol. The van der Waals surface area contributed by atoms with Crippen molar-refractivity contribution in [1.29, 1.82) is 0 Å². The van der Waals surface area contributed by atoms with E-state index in [1.54, 1.807) is 18.3 Å². The second-order valence-corrected chi connectivity index (χ2v) is 8.62. The molecule has 5 nitrogen and oxygen atoms in total. The molecule has 2 aromatic rings. The molecule has 162 valence electrons. The maximum atomic E-state index is 13.4. The summed E-state index contributed by atoms with van der Waals surface area (Å²) in [6.45, 7) is 9.84. The van der Waals surface area contributed by atoms with E-state index in [9.17, 15) is 9.18 Å². The van der Waals surface area contributed by atoms with E-state index in [1.807, 2.05) is 4.68 Å². The lowest BCUT2D eigenvalue weighted by molar-refractivity contribution is 0.102. The SMILES string of the molecule is CC(C)=CCC[C@@H](C)CN1CCC(n2nccc2NC(=O)c2cccc(F)c2)CC1. The van der Waals surface area contributed by atoms with Crippen LogP contribution in [0.2, 0.25) is 0 Å². The van der Waals surface area contributed by atoms with Crippen LogP contribution in [0, 0.1) is 11.7 Å². The van der Waals surface area contributed by atoms with Gasteiger partial charge in [0.15, 0.2) is 0 Å². The summed E-state index contributed by atoms with van der Waals surface area (Å²) in [7, 11) is 0. The molecule has 0 aliphatic carbocycles. The number of nitrogens with one attached hydrogen (secondary N) is 1. The summed E-state index contributed by atoms with van der Waals surface area (Å²) in [4.78, 5) is 15.0. The van der Waals surface area contributed by atoms with Crippen LogP contribution in [0.15, 0.2) is 48.2 Å². The van der Waals surface area contributed by atoms with E-state index in [4.69, 9.17) is 0 Å². The van der Waals surface area contributed by atoms with Crippen LogP contribution < -0.4 is 5.32 Å². The van der Waals surface area contributed by atoms with Gasteiger partial charge in [0.25, 0.3) is 5.91 Å². The first-order valence-electron chi connectivity index (χ1n) is 10.9. The smallest absolute Gasteiger partial charge is 0.256 e. The Hall–Kier alpha value is -2.47. The highest BCUT2D eigenvalue weighted by Gasteiger charge is 2.24. The van der Waals surface area contributed by atoms with Gasteiger partial charge in [-0.1, -0.05) is 24.6 Å². The summed E-state index contributed by atoms with van der Waals surface area (Å²) in [6.07, 6.45) is 8.41. The average molecular weight is 413 g/mol. The van der Waals surface area contributed by atoms with E-state index in [0.717, 1.165) is 38.9 Å². The van der Waals surface area contributed by atoms with Crippen LogP contribution in [-0.2, 0) is 0 Å². The van der Waals surface area contributed by atoms with Crippen LogP contribution in [0.25, 0.3) is 0 Å². The van der Waals surface area contributed by atoms with Gasteiger partial charge in [-0.2, -0.15) is 5.10 Å².